The molecule has 96 valence electrons. The molecular weight excluding hydrogens is 270 g/mol. The Balaban J connectivity index is 2.13. The lowest BCUT2D eigenvalue weighted by Crippen LogP contribution is -1.87. The molecule has 1 heterocycles. The summed E-state index contributed by atoms with van der Waals surface area (Å²) < 4.78 is 5.20. The van der Waals surface area contributed by atoms with Crippen LogP contribution in [0.4, 0.5) is 5.69 Å². The van der Waals surface area contributed by atoms with Crippen LogP contribution in [0, 0.1) is 0 Å². The van der Waals surface area contributed by atoms with Gasteiger partial charge in [0.15, 0.2) is 5.82 Å². The summed E-state index contributed by atoms with van der Waals surface area (Å²) in [6, 6.07) is 5.20. The van der Waals surface area contributed by atoms with E-state index in [1.807, 2.05) is 0 Å². The van der Waals surface area contributed by atoms with E-state index in [9.17, 15) is 0 Å². The molecule has 0 bridgehead atoms. The first-order chi connectivity index (χ1) is 8.69. The third kappa shape index (κ3) is 3.40. The van der Waals surface area contributed by atoms with E-state index in [1.165, 1.54) is 0 Å². The van der Waals surface area contributed by atoms with E-state index in [1.54, 1.807) is 30.0 Å². The van der Waals surface area contributed by atoms with Crippen molar-refractivity contribution in [1.29, 1.82) is 0 Å². The van der Waals surface area contributed by atoms with E-state index in [-0.39, 0.29) is 0 Å². The number of rotatable bonds is 5. The van der Waals surface area contributed by atoms with Gasteiger partial charge < -0.3 is 10.3 Å². The Morgan fingerprint density at radius 1 is 1.39 bits per heavy atom. The number of nitrogens with two attached hydrogens (primary N) is 1. The summed E-state index contributed by atoms with van der Waals surface area (Å²) in [5, 5.41) is 4.49. The van der Waals surface area contributed by atoms with Gasteiger partial charge in [-0.25, -0.2) is 0 Å². The molecule has 0 radical (unpaired) electrons. The molecule has 0 aliphatic rings. The lowest BCUT2D eigenvalue weighted by atomic mass is 10.2. The molecule has 1 aromatic heterocycles. The minimum atomic E-state index is 0.455. The summed E-state index contributed by atoms with van der Waals surface area (Å²) in [4.78, 5) is 4.32. The summed E-state index contributed by atoms with van der Waals surface area (Å²) in [5.74, 6) is 3.00. The zero-order valence-corrected chi connectivity index (χ0v) is 11.6. The van der Waals surface area contributed by atoms with Gasteiger partial charge in [-0.2, -0.15) is 16.7 Å². The van der Waals surface area contributed by atoms with Gasteiger partial charge in [0.1, 0.15) is 0 Å². The topological polar surface area (TPSA) is 64.9 Å². The number of aromatic nitrogens is 2. The fourth-order valence-corrected chi connectivity index (χ4v) is 2.45. The van der Waals surface area contributed by atoms with Crippen molar-refractivity contribution in [3.05, 3.63) is 29.0 Å². The molecule has 0 aliphatic carbocycles. The number of anilines is 1. The van der Waals surface area contributed by atoms with Gasteiger partial charge in [0.2, 0.25) is 0 Å². The lowest BCUT2D eigenvalue weighted by Gasteiger charge is -1.98. The average molecular weight is 284 g/mol. The Morgan fingerprint density at radius 2 is 2.22 bits per heavy atom. The Labute approximate surface area is 115 Å². The highest BCUT2D eigenvalue weighted by atomic mass is 35.5. The van der Waals surface area contributed by atoms with Gasteiger partial charge in [0.25, 0.3) is 5.89 Å². The maximum absolute atomic E-state index is 5.94. The summed E-state index contributed by atoms with van der Waals surface area (Å²) in [7, 11) is 0. The van der Waals surface area contributed by atoms with E-state index < -0.39 is 0 Å². The van der Waals surface area contributed by atoms with Crippen molar-refractivity contribution in [2.75, 3.05) is 11.5 Å². The van der Waals surface area contributed by atoms with Crippen LogP contribution in [-0.2, 0) is 5.75 Å². The predicted octanol–water partition coefficient (Wildman–Crippen LogP) is 3.62. The van der Waals surface area contributed by atoms with Crippen LogP contribution < -0.4 is 5.73 Å². The largest absolute Gasteiger partial charge is 0.399 e. The molecule has 0 saturated heterocycles. The van der Waals surface area contributed by atoms with Crippen LogP contribution in [0.3, 0.4) is 0 Å². The molecule has 2 N–H and O–H groups in total. The van der Waals surface area contributed by atoms with Gasteiger partial charge in [-0.3, -0.25) is 0 Å². The molecule has 2 aromatic rings. The fourth-order valence-electron chi connectivity index (χ4n) is 1.47. The number of benzene rings is 1. The third-order valence-electron chi connectivity index (χ3n) is 2.21. The van der Waals surface area contributed by atoms with Gasteiger partial charge >= 0.3 is 0 Å². The maximum Gasteiger partial charge on any atom is 0.258 e. The SMILES string of the molecule is CCCSCc1noc(-c2cc(N)cc(Cl)c2)n1. The molecule has 0 fully saturated rings. The molecule has 18 heavy (non-hydrogen) atoms. The van der Waals surface area contributed by atoms with Gasteiger partial charge in [-0.1, -0.05) is 23.7 Å². The predicted molar refractivity (Wildman–Crippen MR) is 75.6 cm³/mol. The van der Waals surface area contributed by atoms with Gasteiger partial charge in [0.05, 0.1) is 5.75 Å². The van der Waals surface area contributed by atoms with E-state index in [0.717, 1.165) is 23.5 Å². The summed E-state index contributed by atoms with van der Waals surface area (Å²) >= 11 is 7.72. The second-order valence-electron chi connectivity index (χ2n) is 3.84. The number of hydrogen-bond acceptors (Lipinski definition) is 5. The average Bonchev–Trinajstić information content (AvgIpc) is 2.77. The van der Waals surface area contributed by atoms with Crippen LogP contribution in [0.5, 0.6) is 0 Å². The van der Waals surface area contributed by atoms with Crippen molar-refractivity contribution in [1.82, 2.24) is 10.1 Å². The maximum atomic E-state index is 5.94. The molecule has 0 unspecified atom stereocenters. The second-order valence-corrected chi connectivity index (χ2v) is 5.38. The molecule has 0 aliphatic heterocycles. The molecule has 4 nitrogen and oxygen atoms in total. The normalized spacial score (nSPS) is 10.8. The first kappa shape index (κ1) is 13.2. The van der Waals surface area contributed by atoms with E-state index in [2.05, 4.69) is 17.1 Å². The summed E-state index contributed by atoms with van der Waals surface area (Å²) in [5.41, 5.74) is 7.05. The lowest BCUT2D eigenvalue weighted by molar-refractivity contribution is 0.425. The first-order valence-corrected chi connectivity index (χ1v) is 7.19. The van der Waals surface area contributed by atoms with Crippen LogP contribution in [0.1, 0.15) is 19.2 Å². The molecule has 6 heteroatoms. The van der Waals surface area contributed by atoms with Crippen molar-refractivity contribution in [3.8, 4) is 11.5 Å². The fraction of sp³-hybridized carbons (Fsp3) is 0.333. The highest BCUT2D eigenvalue weighted by molar-refractivity contribution is 7.98. The smallest absolute Gasteiger partial charge is 0.258 e. The van der Waals surface area contributed by atoms with Crippen molar-refractivity contribution in [2.24, 2.45) is 0 Å². The van der Waals surface area contributed by atoms with E-state index in [0.29, 0.717) is 22.4 Å². The van der Waals surface area contributed by atoms with Crippen molar-refractivity contribution >= 4 is 29.1 Å². The van der Waals surface area contributed by atoms with Crippen LogP contribution in [-0.4, -0.2) is 15.9 Å². The van der Waals surface area contributed by atoms with Crippen molar-refractivity contribution in [2.45, 2.75) is 19.1 Å². The monoisotopic (exact) mass is 283 g/mol. The molecule has 0 spiro atoms. The van der Waals surface area contributed by atoms with Crippen LogP contribution >= 0.6 is 23.4 Å². The number of hydrogen-bond donors (Lipinski definition) is 1. The number of nitrogens with zero attached hydrogens (tertiary/aromatic N) is 2. The quantitative estimate of drug-likeness (QED) is 0.671. The highest BCUT2D eigenvalue weighted by Crippen LogP contribution is 2.25. The second kappa shape index (κ2) is 6.11. The molecule has 0 atom stereocenters. The molecule has 2 rings (SSSR count). The van der Waals surface area contributed by atoms with Crippen molar-refractivity contribution < 1.29 is 4.52 Å². The number of thioether (sulfide) groups is 1. The summed E-state index contributed by atoms with van der Waals surface area (Å²) in [6.07, 6.45) is 1.14. The van der Waals surface area contributed by atoms with Gasteiger partial charge in [0, 0.05) is 16.3 Å². The van der Waals surface area contributed by atoms with Gasteiger partial charge in [-0.15, -0.1) is 0 Å². The molecule has 1 aromatic carbocycles. The number of nitrogen functional groups attached to an aromatic ring is 1. The zero-order valence-electron chi connectivity index (χ0n) is 10.0. The van der Waals surface area contributed by atoms with Crippen LogP contribution in [0.25, 0.3) is 11.5 Å². The van der Waals surface area contributed by atoms with Crippen LogP contribution in [0.2, 0.25) is 5.02 Å². The third-order valence-corrected chi connectivity index (χ3v) is 3.59. The standard InChI is InChI=1S/C12H14ClN3OS/c1-2-3-18-7-11-15-12(17-16-11)8-4-9(13)6-10(14)5-8/h4-6H,2-3,7,14H2,1H3. The Bertz CT molecular complexity index is 510. The molecular formula is C12H14ClN3OS. The van der Waals surface area contributed by atoms with Gasteiger partial charge in [-0.05, 0) is 30.4 Å². The number of halogens is 1. The highest BCUT2D eigenvalue weighted by Gasteiger charge is 2.10. The van der Waals surface area contributed by atoms with Crippen LogP contribution in [0.15, 0.2) is 22.7 Å². The van der Waals surface area contributed by atoms with E-state index in [4.69, 9.17) is 21.9 Å². The Hall–Kier alpha value is -1.20. The molecule has 0 saturated carbocycles. The minimum absolute atomic E-state index is 0.455. The summed E-state index contributed by atoms with van der Waals surface area (Å²) in [6.45, 7) is 2.14. The Kier molecular flexibility index (Phi) is 4.49. The van der Waals surface area contributed by atoms with Crippen molar-refractivity contribution in [3.63, 3.8) is 0 Å². The van der Waals surface area contributed by atoms with E-state index >= 15 is 0 Å². The first-order valence-electron chi connectivity index (χ1n) is 5.66. The zero-order chi connectivity index (χ0) is 13.0. The molecule has 0 amide bonds. The Morgan fingerprint density at radius 3 is 2.94 bits per heavy atom. The minimum Gasteiger partial charge on any atom is -0.399 e.